The summed E-state index contributed by atoms with van der Waals surface area (Å²) in [5.74, 6) is -1.48. The molecule has 1 aliphatic rings. The summed E-state index contributed by atoms with van der Waals surface area (Å²) in [4.78, 5) is 57.1. The van der Waals surface area contributed by atoms with Crippen LogP contribution in [0.5, 0.6) is 0 Å². The van der Waals surface area contributed by atoms with Gasteiger partial charge < -0.3 is 30.0 Å². The Bertz CT molecular complexity index is 1180. The van der Waals surface area contributed by atoms with E-state index in [0.717, 1.165) is 42.1 Å². The maximum absolute atomic E-state index is 13.5. The van der Waals surface area contributed by atoms with Gasteiger partial charge in [0.1, 0.15) is 24.2 Å². The second-order valence-electron chi connectivity index (χ2n) is 11.9. The molecule has 3 N–H and O–H groups in total. The molecular weight excluding hydrogens is 512 g/mol. The molecule has 2 atom stereocenters. The summed E-state index contributed by atoms with van der Waals surface area (Å²) >= 11 is 0. The fourth-order valence-electron chi connectivity index (χ4n) is 5.16. The number of amides is 3. The number of aromatic nitrogens is 1. The number of H-pyrrole nitrogens is 1. The Morgan fingerprint density at radius 1 is 1.05 bits per heavy atom. The summed E-state index contributed by atoms with van der Waals surface area (Å²) in [6.45, 7) is 9.04. The van der Waals surface area contributed by atoms with Crippen molar-refractivity contribution in [2.45, 2.75) is 96.9 Å². The molecule has 0 saturated heterocycles. The summed E-state index contributed by atoms with van der Waals surface area (Å²) in [6.07, 6.45) is 5.89. The molecule has 0 bridgehead atoms. The van der Waals surface area contributed by atoms with Gasteiger partial charge in [0.05, 0.1) is 7.11 Å². The van der Waals surface area contributed by atoms with Crippen LogP contribution in [0.25, 0.3) is 10.9 Å². The number of esters is 2. The topological polar surface area (TPSA) is 130 Å². The van der Waals surface area contributed by atoms with Crippen molar-refractivity contribution in [2.75, 3.05) is 13.7 Å². The van der Waals surface area contributed by atoms with Crippen LogP contribution in [0.4, 0.5) is 4.79 Å². The summed E-state index contributed by atoms with van der Waals surface area (Å²) in [6, 6.07) is 5.24. The molecule has 3 amide bonds. The second kappa shape index (κ2) is 13.7. The number of benzene rings is 1. The summed E-state index contributed by atoms with van der Waals surface area (Å²) in [5.41, 5.74) is 1.11. The standard InChI is InChI=1S/C30H44N4O6/c1-19(2)15-24(33-29(38)34(21-11-7-8-12-21)18-26(35)40-30(3,4)5)27(36)32-25(28(37)39-6)16-20-17-31-23-14-10-9-13-22(20)23/h9-10,13-14,17,19,21,24-25,31H,7-8,11-12,15-16,18H2,1-6H3,(H,32,36)(H,33,38)/t24-,25-/m1/s1. The van der Waals surface area contributed by atoms with Gasteiger partial charge in [-0.15, -0.1) is 0 Å². The van der Waals surface area contributed by atoms with E-state index in [4.69, 9.17) is 9.47 Å². The number of ether oxygens (including phenoxy) is 2. The number of para-hydroxylation sites is 1. The van der Waals surface area contributed by atoms with E-state index in [1.54, 1.807) is 20.8 Å². The highest BCUT2D eigenvalue weighted by molar-refractivity contribution is 5.92. The number of nitrogens with zero attached hydrogens (tertiary/aromatic N) is 1. The molecule has 1 heterocycles. The van der Waals surface area contributed by atoms with Crippen molar-refractivity contribution >= 4 is 34.8 Å². The van der Waals surface area contributed by atoms with Gasteiger partial charge >= 0.3 is 18.0 Å². The van der Waals surface area contributed by atoms with Crippen molar-refractivity contribution in [2.24, 2.45) is 5.92 Å². The van der Waals surface area contributed by atoms with E-state index in [1.165, 1.54) is 12.0 Å². The fraction of sp³-hybridized carbons (Fsp3) is 0.600. The molecule has 0 spiro atoms. The molecule has 1 fully saturated rings. The lowest BCUT2D eigenvalue weighted by Crippen LogP contribution is -2.57. The third kappa shape index (κ3) is 8.72. The van der Waals surface area contributed by atoms with Gasteiger partial charge in [-0.2, -0.15) is 0 Å². The number of methoxy groups -OCH3 is 1. The summed E-state index contributed by atoms with van der Waals surface area (Å²) in [7, 11) is 1.28. The lowest BCUT2D eigenvalue weighted by Gasteiger charge is -2.32. The van der Waals surface area contributed by atoms with Crippen LogP contribution in [-0.2, 0) is 30.3 Å². The van der Waals surface area contributed by atoms with Gasteiger partial charge in [0.25, 0.3) is 0 Å². The third-order valence-electron chi connectivity index (χ3n) is 6.97. The molecule has 10 heteroatoms. The quantitative estimate of drug-likeness (QED) is 0.358. The van der Waals surface area contributed by atoms with Gasteiger partial charge in [0.15, 0.2) is 0 Å². The molecule has 1 aromatic heterocycles. The van der Waals surface area contributed by atoms with Crippen molar-refractivity contribution in [3.8, 4) is 0 Å². The zero-order valence-electron chi connectivity index (χ0n) is 24.5. The maximum Gasteiger partial charge on any atom is 0.328 e. The maximum atomic E-state index is 13.5. The molecule has 0 radical (unpaired) electrons. The first kappa shape index (κ1) is 31.0. The number of rotatable bonds is 11. The van der Waals surface area contributed by atoms with Crippen LogP contribution in [0.3, 0.4) is 0 Å². The van der Waals surface area contributed by atoms with Crippen LogP contribution in [0.15, 0.2) is 30.5 Å². The molecule has 40 heavy (non-hydrogen) atoms. The number of carbonyl (C=O) groups excluding carboxylic acids is 4. The minimum atomic E-state index is -0.948. The predicted octanol–water partition coefficient (Wildman–Crippen LogP) is 4.08. The van der Waals surface area contributed by atoms with Crippen LogP contribution >= 0.6 is 0 Å². The Balaban J connectivity index is 1.77. The Hall–Kier alpha value is -3.56. The van der Waals surface area contributed by atoms with Gasteiger partial charge in [-0.05, 0) is 57.6 Å². The van der Waals surface area contributed by atoms with E-state index in [-0.39, 0.29) is 24.9 Å². The van der Waals surface area contributed by atoms with E-state index in [2.05, 4.69) is 15.6 Å². The molecule has 2 aromatic rings. The van der Waals surface area contributed by atoms with Gasteiger partial charge in [-0.1, -0.05) is 44.9 Å². The minimum absolute atomic E-state index is 0.0760. The summed E-state index contributed by atoms with van der Waals surface area (Å²) < 4.78 is 10.5. The predicted molar refractivity (Wildman–Crippen MR) is 153 cm³/mol. The van der Waals surface area contributed by atoms with Gasteiger partial charge in [0, 0.05) is 29.6 Å². The molecule has 1 aromatic carbocycles. The summed E-state index contributed by atoms with van der Waals surface area (Å²) in [5, 5.41) is 6.61. The first-order valence-electron chi connectivity index (χ1n) is 14.1. The second-order valence-corrected chi connectivity index (χ2v) is 11.9. The van der Waals surface area contributed by atoms with Crippen LogP contribution < -0.4 is 10.6 Å². The number of hydrogen-bond acceptors (Lipinski definition) is 6. The van der Waals surface area contributed by atoms with Gasteiger partial charge in [-0.3, -0.25) is 9.59 Å². The van der Waals surface area contributed by atoms with E-state index in [0.29, 0.717) is 6.42 Å². The molecule has 0 unspecified atom stereocenters. The average Bonchev–Trinajstić information content (AvgIpc) is 3.55. The normalized spacial score (nSPS) is 15.5. The Morgan fingerprint density at radius 3 is 2.35 bits per heavy atom. The molecule has 0 aliphatic heterocycles. The average molecular weight is 557 g/mol. The number of fused-ring (bicyclic) bond motifs is 1. The van der Waals surface area contributed by atoms with Crippen molar-refractivity contribution in [3.05, 3.63) is 36.0 Å². The first-order valence-corrected chi connectivity index (χ1v) is 14.1. The molecule has 3 rings (SSSR count). The highest BCUT2D eigenvalue weighted by Crippen LogP contribution is 2.24. The number of nitrogens with one attached hydrogen (secondary N) is 3. The van der Waals surface area contributed by atoms with Crippen LogP contribution in [0.2, 0.25) is 0 Å². The Morgan fingerprint density at radius 2 is 1.73 bits per heavy atom. The van der Waals surface area contributed by atoms with Crippen molar-refractivity contribution in [1.82, 2.24) is 20.5 Å². The molecule has 220 valence electrons. The smallest absolute Gasteiger partial charge is 0.328 e. The Labute approximate surface area is 236 Å². The lowest BCUT2D eigenvalue weighted by molar-refractivity contribution is -0.156. The monoisotopic (exact) mass is 556 g/mol. The highest BCUT2D eigenvalue weighted by Gasteiger charge is 2.34. The number of aromatic amines is 1. The highest BCUT2D eigenvalue weighted by atomic mass is 16.6. The van der Waals surface area contributed by atoms with Crippen LogP contribution in [-0.4, -0.2) is 71.1 Å². The van der Waals surface area contributed by atoms with Crippen molar-refractivity contribution in [1.29, 1.82) is 0 Å². The van der Waals surface area contributed by atoms with E-state index >= 15 is 0 Å². The first-order chi connectivity index (χ1) is 18.9. The molecule has 1 aliphatic carbocycles. The van der Waals surface area contributed by atoms with Gasteiger partial charge in [0.2, 0.25) is 5.91 Å². The van der Waals surface area contributed by atoms with Crippen molar-refractivity contribution in [3.63, 3.8) is 0 Å². The fourth-order valence-corrected chi connectivity index (χ4v) is 5.16. The zero-order chi connectivity index (χ0) is 29.4. The molecule has 1 saturated carbocycles. The van der Waals surface area contributed by atoms with E-state index in [9.17, 15) is 19.2 Å². The van der Waals surface area contributed by atoms with Crippen LogP contribution in [0, 0.1) is 5.92 Å². The van der Waals surface area contributed by atoms with Crippen LogP contribution in [0.1, 0.15) is 72.3 Å². The molecule has 10 nitrogen and oxygen atoms in total. The van der Waals surface area contributed by atoms with Gasteiger partial charge in [-0.25, -0.2) is 9.59 Å². The minimum Gasteiger partial charge on any atom is -0.467 e. The lowest BCUT2D eigenvalue weighted by atomic mass is 10.0. The van der Waals surface area contributed by atoms with E-state index in [1.807, 2.05) is 44.3 Å². The third-order valence-corrected chi connectivity index (χ3v) is 6.97. The zero-order valence-corrected chi connectivity index (χ0v) is 24.5. The van der Waals surface area contributed by atoms with Crippen molar-refractivity contribution < 1.29 is 28.7 Å². The number of carbonyl (C=O) groups is 4. The largest absolute Gasteiger partial charge is 0.467 e. The Kier molecular flexibility index (Phi) is 10.6. The number of urea groups is 1. The molecular formula is C30H44N4O6. The van der Waals surface area contributed by atoms with E-state index < -0.39 is 41.6 Å². The SMILES string of the molecule is COC(=O)[C@@H](Cc1c[nH]c2ccccc12)NC(=O)[C@@H](CC(C)C)NC(=O)N(CC(=O)OC(C)(C)C)C1CCCC1. The number of hydrogen-bond donors (Lipinski definition) is 3.